The number of ether oxygens (including phenoxy) is 1. The fourth-order valence-electron chi connectivity index (χ4n) is 1.82. The van der Waals surface area contributed by atoms with Crippen LogP contribution in [-0.4, -0.2) is 19.0 Å². The van der Waals surface area contributed by atoms with Crippen LogP contribution in [0.25, 0.3) is 0 Å². The maximum atomic E-state index is 11.6. The van der Waals surface area contributed by atoms with Gasteiger partial charge in [-0.15, -0.1) is 0 Å². The molecule has 1 aromatic carbocycles. The number of Topliss-reactive ketones (excluding diaryl/α,β-unsaturated/α-hetero) is 1. The van der Waals surface area contributed by atoms with E-state index in [1.807, 2.05) is 12.1 Å². The molecule has 0 radical (unpaired) electrons. The van der Waals surface area contributed by atoms with Gasteiger partial charge in [-0.2, -0.15) is 0 Å². The van der Waals surface area contributed by atoms with E-state index in [0.29, 0.717) is 36.1 Å². The van der Waals surface area contributed by atoms with Crippen molar-refractivity contribution in [2.75, 3.05) is 13.2 Å². The molecule has 1 saturated heterocycles. The third-order valence-electron chi connectivity index (χ3n) is 2.73. The Balaban J connectivity index is 2.08. The molecule has 0 unspecified atom stereocenters. The first-order chi connectivity index (χ1) is 7.66. The molecule has 4 heteroatoms. The lowest BCUT2D eigenvalue weighted by molar-refractivity contribution is -0.130. The number of hydrogen-bond donors (Lipinski definition) is 0. The number of ketones is 1. The number of benzene rings is 1. The van der Waals surface area contributed by atoms with Crippen LogP contribution in [0.15, 0.2) is 18.2 Å². The largest absolute Gasteiger partial charge is 0.380 e. The van der Waals surface area contributed by atoms with Crippen LogP contribution < -0.4 is 0 Å². The second-order valence-corrected chi connectivity index (χ2v) is 4.76. The molecular weight excluding hydrogens is 247 g/mol. The van der Waals surface area contributed by atoms with Gasteiger partial charge in [-0.3, -0.25) is 4.79 Å². The van der Waals surface area contributed by atoms with Gasteiger partial charge in [-0.25, -0.2) is 0 Å². The Bertz CT molecular complexity index is 404. The minimum absolute atomic E-state index is 0.0361. The van der Waals surface area contributed by atoms with Crippen molar-refractivity contribution in [3.63, 3.8) is 0 Å². The van der Waals surface area contributed by atoms with E-state index in [-0.39, 0.29) is 11.7 Å². The van der Waals surface area contributed by atoms with Gasteiger partial charge in [-0.1, -0.05) is 29.3 Å². The summed E-state index contributed by atoms with van der Waals surface area (Å²) in [7, 11) is 0. The summed E-state index contributed by atoms with van der Waals surface area (Å²) in [6, 6.07) is 5.47. The molecule has 0 aromatic heterocycles. The van der Waals surface area contributed by atoms with E-state index in [2.05, 4.69) is 0 Å². The third-order valence-corrected chi connectivity index (χ3v) is 3.47. The van der Waals surface area contributed by atoms with Gasteiger partial charge in [-0.05, 0) is 24.1 Å². The highest BCUT2D eigenvalue weighted by Gasteiger charge is 2.23. The van der Waals surface area contributed by atoms with E-state index < -0.39 is 0 Å². The summed E-state index contributed by atoms with van der Waals surface area (Å²) >= 11 is 11.7. The number of rotatable bonds is 2. The fourth-order valence-corrected chi connectivity index (χ4v) is 2.14. The van der Waals surface area contributed by atoms with Gasteiger partial charge >= 0.3 is 0 Å². The van der Waals surface area contributed by atoms with Crippen molar-refractivity contribution in [2.45, 2.75) is 12.8 Å². The fraction of sp³-hybridized carbons (Fsp3) is 0.417. The van der Waals surface area contributed by atoms with Crippen LogP contribution in [-0.2, 0) is 16.0 Å². The average molecular weight is 259 g/mol. The lowest BCUT2D eigenvalue weighted by Crippen LogP contribution is -2.29. The van der Waals surface area contributed by atoms with Crippen LogP contribution in [0.3, 0.4) is 0 Å². The zero-order valence-electron chi connectivity index (χ0n) is 8.71. The van der Waals surface area contributed by atoms with Gasteiger partial charge in [0.05, 0.1) is 23.3 Å². The summed E-state index contributed by atoms with van der Waals surface area (Å²) in [6.07, 6.45) is 1.20. The topological polar surface area (TPSA) is 26.3 Å². The van der Waals surface area contributed by atoms with Gasteiger partial charge in [0.15, 0.2) is 0 Å². The highest BCUT2D eigenvalue weighted by atomic mass is 35.5. The van der Waals surface area contributed by atoms with Gasteiger partial charge < -0.3 is 4.74 Å². The molecule has 2 nitrogen and oxygen atoms in total. The average Bonchev–Trinajstić information content (AvgIpc) is 2.27. The highest BCUT2D eigenvalue weighted by Crippen LogP contribution is 2.25. The maximum Gasteiger partial charge on any atom is 0.140 e. The van der Waals surface area contributed by atoms with Crippen molar-refractivity contribution < 1.29 is 9.53 Å². The monoisotopic (exact) mass is 258 g/mol. The van der Waals surface area contributed by atoms with E-state index >= 15 is 0 Å². The van der Waals surface area contributed by atoms with Crippen LogP contribution in [0, 0.1) is 5.92 Å². The van der Waals surface area contributed by atoms with Crippen LogP contribution in [0.2, 0.25) is 10.0 Å². The predicted octanol–water partition coefficient (Wildman–Crippen LogP) is 3.14. The Labute approximate surface area is 104 Å². The Hall–Kier alpha value is -0.570. The molecule has 1 aliphatic heterocycles. The second-order valence-electron chi connectivity index (χ2n) is 3.94. The first kappa shape index (κ1) is 11.9. The first-order valence-electron chi connectivity index (χ1n) is 5.21. The minimum Gasteiger partial charge on any atom is -0.380 e. The SMILES string of the molecule is O=C1CCOC[C@H]1Cc1ccc(Cl)c(Cl)c1. The summed E-state index contributed by atoms with van der Waals surface area (Å²) in [5.41, 5.74) is 1.03. The highest BCUT2D eigenvalue weighted by molar-refractivity contribution is 6.42. The molecule has 0 amide bonds. The number of halogens is 2. The van der Waals surface area contributed by atoms with Crippen molar-refractivity contribution in [2.24, 2.45) is 5.92 Å². The Morgan fingerprint density at radius 1 is 1.31 bits per heavy atom. The Kier molecular flexibility index (Phi) is 3.85. The molecule has 0 saturated carbocycles. The van der Waals surface area contributed by atoms with Crippen molar-refractivity contribution >= 4 is 29.0 Å². The summed E-state index contributed by atoms with van der Waals surface area (Å²) in [6.45, 7) is 1.07. The third kappa shape index (κ3) is 2.76. The molecule has 0 spiro atoms. The molecule has 86 valence electrons. The standard InChI is InChI=1S/C12H12Cl2O2/c13-10-2-1-8(6-11(10)14)5-9-7-16-4-3-12(9)15/h1-2,6,9H,3-5,7H2/t9-/m1/s1. The van der Waals surface area contributed by atoms with Gasteiger partial charge in [0.2, 0.25) is 0 Å². The zero-order chi connectivity index (χ0) is 11.5. The molecule has 1 atom stereocenters. The Morgan fingerprint density at radius 3 is 2.81 bits per heavy atom. The van der Waals surface area contributed by atoms with Gasteiger partial charge in [0.25, 0.3) is 0 Å². The lowest BCUT2D eigenvalue weighted by atomic mass is 9.93. The molecule has 1 fully saturated rings. The van der Waals surface area contributed by atoms with Crippen LogP contribution in [0.4, 0.5) is 0 Å². The van der Waals surface area contributed by atoms with E-state index in [9.17, 15) is 4.79 Å². The van der Waals surface area contributed by atoms with Crippen molar-refractivity contribution in [3.8, 4) is 0 Å². The smallest absolute Gasteiger partial charge is 0.140 e. The van der Waals surface area contributed by atoms with Crippen LogP contribution in [0.5, 0.6) is 0 Å². The maximum absolute atomic E-state index is 11.6. The summed E-state index contributed by atoms with van der Waals surface area (Å²) in [4.78, 5) is 11.6. The summed E-state index contributed by atoms with van der Waals surface area (Å²) in [5, 5.41) is 1.07. The van der Waals surface area contributed by atoms with Gasteiger partial charge in [0.1, 0.15) is 5.78 Å². The summed E-state index contributed by atoms with van der Waals surface area (Å²) in [5.74, 6) is 0.239. The molecule has 1 aliphatic rings. The van der Waals surface area contributed by atoms with Crippen LogP contribution >= 0.6 is 23.2 Å². The lowest BCUT2D eigenvalue weighted by Gasteiger charge is -2.20. The molecule has 0 aliphatic carbocycles. The molecule has 2 rings (SSSR count). The van der Waals surface area contributed by atoms with E-state index in [1.165, 1.54) is 0 Å². The Morgan fingerprint density at radius 2 is 2.12 bits per heavy atom. The number of hydrogen-bond acceptors (Lipinski definition) is 2. The quantitative estimate of drug-likeness (QED) is 0.815. The normalized spacial score (nSPS) is 21.1. The van der Waals surface area contributed by atoms with Crippen molar-refractivity contribution in [1.29, 1.82) is 0 Å². The molecule has 1 heterocycles. The number of carbonyl (C=O) groups excluding carboxylic acids is 1. The van der Waals surface area contributed by atoms with Crippen LogP contribution in [0.1, 0.15) is 12.0 Å². The zero-order valence-corrected chi connectivity index (χ0v) is 10.2. The predicted molar refractivity (Wildman–Crippen MR) is 64.1 cm³/mol. The van der Waals surface area contributed by atoms with Crippen molar-refractivity contribution in [3.05, 3.63) is 33.8 Å². The van der Waals surface area contributed by atoms with E-state index in [4.69, 9.17) is 27.9 Å². The number of carbonyl (C=O) groups is 1. The van der Waals surface area contributed by atoms with E-state index in [0.717, 1.165) is 5.56 Å². The van der Waals surface area contributed by atoms with Gasteiger partial charge in [0, 0.05) is 12.3 Å². The van der Waals surface area contributed by atoms with E-state index in [1.54, 1.807) is 6.07 Å². The summed E-state index contributed by atoms with van der Waals surface area (Å²) < 4.78 is 5.30. The second kappa shape index (κ2) is 5.17. The molecular formula is C12H12Cl2O2. The van der Waals surface area contributed by atoms with Crippen molar-refractivity contribution in [1.82, 2.24) is 0 Å². The minimum atomic E-state index is -0.0361. The molecule has 1 aromatic rings. The molecule has 0 bridgehead atoms. The first-order valence-corrected chi connectivity index (χ1v) is 5.97. The molecule has 16 heavy (non-hydrogen) atoms. The molecule has 0 N–H and O–H groups in total.